The zero-order valence-electron chi connectivity index (χ0n) is 42.1. The van der Waals surface area contributed by atoms with Crippen molar-refractivity contribution in [2.75, 3.05) is 67.7 Å². The van der Waals surface area contributed by atoms with Crippen molar-refractivity contribution >= 4 is 55.4 Å². The van der Waals surface area contributed by atoms with Gasteiger partial charge in [0.05, 0.1) is 58.6 Å². The first-order valence-electron chi connectivity index (χ1n) is 26.3. The summed E-state index contributed by atoms with van der Waals surface area (Å²) in [5, 5.41) is 26.8. The summed E-state index contributed by atoms with van der Waals surface area (Å²) >= 11 is 0. The maximum atomic E-state index is 14.7. The molecule has 2 aromatic heterocycles. The van der Waals surface area contributed by atoms with Gasteiger partial charge in [-0.25, -0.2) is 13.1 Å². The number of pyridine rings is 1. The molecule has 0 bridgehead atoms. The van der Waals surface area contributed by atoms with Crippen molar-refractivity contribution < 1.29 is 37.5 Å². The maximum absolute atomic E-state index is 14.7. The van der Waals surface area contributed by atoms with Crippen LogP contribution in [0.1, 0.15) is 118 Å². The van der Waals surface area contributed by atoms with Gasteiger partial charge >= 0.3 is 0 Å². The van der Waals surface area contributed by atoms with Crippen LogP contribution in [-0.2, 0) is 19.5 Å². The van der Waals surface area contributed by atoms with Gasteiger partial charge in [-0.2, -0.15) is 4.98 Å². The largest absolute Gasteiger partial charge is 0.470 e. The van der Waals surface area contributed by atoms with E-state index in [0.29, 0.717) is 80.5 Å². The van der Waals surface area contributed by atoms with E-state index in [0.717, 1.165) is 88.3 Å². The zero-order valence-corrected chi connectivity index (χ0v) is 42.9. The number of rotatable bonds is 12. The fourth-order valence-electron chi connectivity index (χ4n) is 12.7. The molecule has 6 aliphatic rings. The topological polar surface area (TPSA) is 205 Å². The number of benzene rings is 3. The summed E-state index contributed by atoms with van der Waals surface area (Å²) in [6.07, 6.45) is 10.2. The predicted octanol–water partition coefficient (Wildman–Crippen LogP) is 8.97. The van der Waals surface area contributed by atoms with Gasteiger partial charge in [-0.05, 0) is 136 Å². The number of hydrogen-bond acceptors (Lipinski definition) is 14. The normalized spacial score (nSPS) is 25.6. The van der Waals surface area contributed by atoms with E-state index in [1.807, 2.05) is 42.3 Å². The summed E-state index contributed by atoms with van der Waals surface area (Å²) in [6.45, 7) is 11.7. The summed E-state index contributed by atoms with van der Waals surface area (Å²) in [5.41, 5.74) is 4.81. The molecular formula is C55H68N8O9S. The number of H-pyrrole nitrogens is 1. The lowest BCUT2D eigenvalue weighted by Crippen LogP contribution is -2.56. The van der Waals surface area contributed by atoms with Crippen LogP contribution in [0.25, 0.3) is 11.0 Å². The van der Waals surface area contributed by atoms with Crippen molar-refractivity contribution in [1.82, 2.24) is 19.6 Å². The zero-order chi connectivity index (χ0) is 50.6. The van der Waals surface area contributed by atoms with E-state index in [9.17, 15) is 28.4 Å². The summed E-state index contributed by atoms with van der Waals surface area (Å²) in [7, 11) is -4.63. The van der Waals surface area contributed by atoms with E-state index in [1.54, 1.807) is 6.07 Å². The fraction of sp³-hybridized carbons (Fsp3) is 0.527. The van der Waals surface area contributed by atoms with Gasteiger partial charge in [0.1, 0.15) is 23.1 Å². The Morgan fingerprint density at radius 3 is 2.51 bits per heavy atom. The second kappa shape index (κ2) is 19.8. The summed E-state index contributed by atoms with van der Waals surface area (Å²) in [6, 6.07) is 22.3. The molecule has 3 aromatic carbocycles. The third-order valence-corrected chi connectivity index (χ3v) is 18.2. The van der Waals surface area contributed by atoms with E-state index in [4.69, 9.17) is 19.2 Å². The minimum Gasteiger partial charge on any atom is -0.470 e. The number of ether oxygens (including phenoxy) is 3. The van der Waals surface area contributed by atoms with E-state index in [1.165, 1.54) is 23.3 Å². The van der Waals surface area contributed by atoms with Crippen molar-refractivity contribution in [2.45, 2.75) is 126 Å². The Bertz CT molecular complexity index is 2970. The highest BCUT2D eigenvalue weighted by Crippen LogP contribution is 2.54. The lowest BCUT2D eigenvalue weighted by molar-refractivity contribution is -0.384. The minimum absolute atomic E-state index is 0.100. The lowest BCUT2D eigenvalue weighted by atomic mass is 9.59. The number of sulfonamides is 1. The molecule has 2 aliphatic carbocycles. The number of aromatic nitrogens is 2. The van der Waals surface area contributed by atoms with Crippen molar-refractivity contribution in [2.24, 2.45) is 11.3 Å². The number of amides is 1. The molecule has 2 saturated carbocycles. The Morgan fingerprint density at radius 1 is 0.945 bits per heavy atom. The number of hydrogen-bond donors (Lipinski definition) is 4. The van der Waals surface area contributed by atoms with Gasteiger partial charge in [-0.15, -0.1) is 0 Å². The molecule has 6 heterocycles. The summed E-state index contributed by atoms with van der Waals surface area (Å²) in [4.78, 5) is 41.3. The van der Waals surface area contributed by atoms with Crippen LogP contribution in [-0.4, -0.2) is 116 Å². The molecule has 4 N–H and O–H groups in total. The number of aromatic amines is 1. The monoisotopic (exact) mass is 1020 g/mol. The quantitative estimate of drug-likeness (QED) is 0.0681. The molecule has 3 atom stereocenters. The average Bonchev–Trinajstić information content (AvgIpc) is 3.70. The molecule has 4 aliphatic heterocycles. The van der Waals surface area contributed by atoms with Crippen molar-refractivity contribution in [1.29, 1.82) is 0 Å². The minimum atomic E-state index is -4.63. The van der Waals surface area contributed by atoms with Crippen molar-refractivity contribution in [3.05, 3.63) is 106 Å². The van der Waals surface area contributed by atoms with Crippen LogP contribution in [0.3, 0.4) is 0 Å². The van der Waals surface area contributed by atoms with Crippen LogP contribution in [0.2, 0.25) is 0 Å². The van der Waals surface area contributed by atoms with E-state index in [-0.39, 0.29) is 40.8 Å². The number of nitrogens with one attached hydrogen (secondary N) is 3. The van der Waals surface area contributed by atoms with Crippen LogP contribution in [0.5, 0.6) is 5.88 Å². The average molecular weight is 1020 g/mol. The van der Waals surface area contributed by atoms with Crippen LogP contribution in [0.4, 0.5) is 28.4 Å². The lowest BCUT2D eigenvalue weighted by Gasteiger charge is -2.56. The Balaban J connectivity index is 0.865. The molecule has 1 amide bonds. The first-order chi connectivity index (χ1) is 35.1. The fourth-order valence-corrected chi connectivity index (χ4v) is 13.7. The number of fused-ring (bicyclic) bond motifs is 3. The number of nitrogens with zero attached hydrogens (tertiary/aromatic N) is 5. The molecule has 5 aromatic rings. The maximum Gasteiger partial charge on any atom is 0.293 e. The molecule has 17 nitrogen and oxygen atoms in total. The molecule has 5 fully saturated rings. The number of nitro groups is 1. The van der Waals surface area contributed by atoms with Gasteiger partial charge in [0.25, 0.3) is 21.6 Å². The number of anilines is 4. The Labute approximate surface area is 427 Å². The standard InChI is InChI=1S/C55H68N8O9S/c1-35(2)41-7-4-5-8-42(41)48-33-70-25-6-22-61(48)39-30-55(31-39)19-23-60(24-20-55)38-9-11-43(45(28-38)62-47-27-37-15-21-56-51(37)58-53(47)72-50-16-26-71-34-49(50)62)52(64)59-73(68,69)40-10-12-44(46(29-40)63(66)67)57-32-36-13-17-54(3,65)18-14-36/h4-5,7-12,15,21,27-29,35-36,39,48-50,57,65H,6,13-14,16-20,22-26,30-34H2,1-3H3,(H,56,58)(H,59,64)/t36?,48-,49+,50+,54?/m0/s1. The van der Waals surface area contributed by atoms with Crippen LogP contribution in [0, 0.1) is 21.4 Å². The Morgan fingerprint density at radius 2 is 1.73 bits per heavy atom. The van der Waals surface area contributed by atoms with Gasteiger partial charge < -0.3 is 39.4 Å². The first kappa shape index (κ1) is 49.4. The van der Waals surface area contributed by atoms with E-state index < -0.39 is 37.0 Å². The molecule has 73 heavy (non-hydrogen) atoms. The highest BCUT2D eigenvalue weighted by molar-refractivity contribution is 7.90. The number of carbonyl (C=O) groups is 1. The molecule has 388 valence electrons. The molecule has 0 unspecified atom stereocenters. The van der Waals surface area contributed by atoms with E-state index in [2.05, 4.69) is 62.9 Å². The smallest absolute Gasteiger partial charge is 0.293 e. The summed E-state index contributed by atoms with van der Waals surface area (Å²) < 4.78 is 49.5. The number of piperidine rings is 1. The SMILES string of the molecule is CC(C)c1ccccc1[C@@H]1COCCCN1C1CC2(CCN(c3ccc(C(=O)NS(=O)(=O)c4ccc(NCC5CCC(C)(O)CC5)c([N+](=O)[O-])c4)c(N4c5cc6cc[nH]c6nc5O[C@@H]5CCOC[C@H]54)c3)CC2)C1. The van der Waals surface area contributed by atoms with Crippen LogP contribution >= 0.6 is 0 Å². The van der Waals surface area contributed by atoms with E-state index >= 15 is 0 Å². The van der Waals surface area contributed by atoms with Gasteiger partial charge in [0.2, 0.25) is 5.88 Å². The molecule has 1 spiro atoms. The van der Waals surface area contributed by atoms with Gasteiger partial charge in [0.15, 0.2) is 0 Å². The Kier molecular flexibility index (Phi) is 13.4. The molecular weight excluding hydrogens is 949 g/mol. The Hall–Kier alpha value is -5.79. The molecule has 3 saturated heterocycles. The van der Waals surface area contributed by atoms with Crippen LogP contribution < -0.4 is 24.6 Å². The van der Waals surface area contributed by atoms with Crippen molar-refractivity contribution in [3.63, 3.8) is 0 Å². The summed E-state index contributed by atoms with van der Waals surface area (Å²) in [5.74, 6) is 0.127. The third-order valence-electron chi connectivity index (χ3n) is 16.9. The first-order valence-corrected chi connectivity index (χ1v) is 27.8. The van der Waals surface area contributed by atoms with Crippen molar-refractivity contribution in [3.8, 4) is 5.88 Å². The van der Waals surface area contributed by atoms with Gasteiger partial charge in [-0.1, -0.05) is 38.1 Å². The predicted molar refractivity (Wildman–Crippen MR) is 279 cm³/mol. The molecule has 11 rings (SSSR count). The highest BCUT2D eigenvalue weighted by atomic mass is 32.2. The second-order valence-corrected chi connectivity index (χ2v) is 23.8. The number of carbonyl (C=O) groups excluding carboxylic acids is 1. The molecule has 18 heteroatoms. The number of nitro benzene ring substituents is 1. The third kappa shape index (κ3) is 9.88. The highest BCUT2D eigenvalue weighted by Gasteiger charge is 2.50. The van der Waals surface area contributed by atoms with Crippen LogP contribution in [0.15, 0.2) is 83.9 Å². The van der Waals surface area contributed by atoms with Gasteiger partial charge in [-0.3, -0.25) is 19.8 Å². The van der Waals surface area contributed by atoms with Gasteiger partial charge in [0, 0.05) is 68.6 Å². The number of aliphatic hydroxyl groups is 1. The second-order valence-electron chi connectivity index (χ2n) is 22.1. The molecule has 0 radical (unpaired) electrons.